The maximum Gasteiger partial charge on any atom is 0.422 e. The first kappa shape index (κ1) is 22.6. The molecule has 31 heavy (non-hydrogen) atoms. The topological polar surface area (TPSA) is 87.6 Å². The van der Waals surface area contributed by atoms with Crippen LogP contribution in [0.25, 0.3) is 16.7 Å². The van der Waals surface area contributed by atoms with Crippen molar-refractivity contribution >= 4 is 11.0 Å². The molecule has 168 valence electrons. The van der Waals surface area contributed by atoms with E-state index < -0.39 is 18.3 Å². The summed E-state index contributed by atoms with van der Waals surface area (Å²) < 4.78 is 59.2. The predicted molar refractivity (Wildman–Crippen MR) is 106 cm³/mol. The van der Waals surface area contributed by atoms with Gasteiger partial charge in [0.1, 0.15) is 17.9 Å². The third kappa shape index (κ3) is 6.22. The standard InChI is InChI=1S/C20H22F3N3O5/c1-2-28-9-10-29-11-12-30-19-25-16-7-8-24-17(16)18(27)26(19)14-3-5-15(6-4-14)31-13-20(21,22)23/h3-8,24H,2,9-13H2,1H3. The quantitative estimate of drug-likeness (QED) is 0.460. The Morgan fingerprint density at radius 1 is 1.00 bits per heavy atom. The molecule has 0 atom stereocenters. The van der Waals surface area contributed by atoms with Gasteiger partial charge in [-0.05, 0) is 37.3 Å². The molecule has 3 aromatic rings. The van der Waals surface area contributed by atoms with Gasteiger partial charge in [-0.1, -0.05) is 0 Å². The van der Waals surface area contributed by atoms with E-state index in [-0.39, 0.29) is 30.5 Å². The van der Waals surface area contributed by atoms with Crippen LogP contribution >= 0.6 is 0 Å². The van der Waals surface area contributed by atoms with Gasteiger partial charge in [-0.2, -0.15) is 18.2 Å². The molecule has 0 aliphatic heterocycles. The van der Waals surface area contributed by atoms with E-state index in [4.69, 9.17) is 18.9 Å². The molecule has 8 nitrogen and oxygen atoms in total. The number of ether oxygens (including phenoxy) is 4. The minimum atomic E-state index is -4.44. The molecule has 11 heteroatoms. The number of hydrogen-bond acceptors (Lipinski definition) is 6. The van der Waals surface area contributed by atoms with Crippen LogP contribution in [0.3, 0.4) is 0 Å². The van der Waals surface area contributed by atoms with Crippen molar-refractivity contribution in [3.8, 4) is 17.4 Å². The molecule has 2 aromatic heterocycles. The van der Waals surface area contributed by atoms with Crippen LogP contribution in [-0.4, -0.2) is 60.4 Å². The first-order valence-corrected chi connectivity index (χ1v) is 9.57. The van der Waals surface area contributed by atoms with Crippen molar-refractivity contribution in [2.75, 3.05) is 39.6 Å². The first-order chi connectivity index (χ1) is 14.9. The largest absolute Gasteiger partial charge is 0.484 e. The molecule has 0 unspecified atom stereocenters. The van der Waals surface area contributed by atoms with E-state index in [9.17, 15) is 18.0 Å². The van der Waals surface area contributed by atoms with Gasteiger partial charge in [0.2, 0.25) is 0 Å². The van der Waals surface area contributed by atoms with Crippen molar-refractivity contribution in [1.29, 1.82) is 0 Å². The molecule has 0 fully saturated rings. The third-order valence-electron chi connectivity index (χ3n) is 4.08. The SMILES string of the molecule is CCOCCOCCOc1nc2cc[nH]c2c(=O)n1-c1ccc(OCC(F)(F)F)cc1. The van der Waals surface area contributed by atoms with E-state index in [1.807, 2.05) is 6.92 Å². The Morgan fingerprint density at radius 3 is 2.42 bits per heavy atom. The minimum absolute atomic E-state index is 0.0215. The van der Waals surface area contributed by atoms with Crippen molar-refractivity contribution in [2.45, 2.75) is 13.1 Å². The second-order valence-corrected chi connectivity index (χ2v) is 6.33. The molecule has 2 heterocycles. The van der Waals surface area contributed by atoms with Gasteiger partial charge in [0, 0.05) is 12.8 Å². The van der Waals surface area contributed by atoms with Gasteiger partial charge < -0.3 is 23.9 Å². The number of H-pyrrole nitrogens is 1. The van der Waals surface area contributed by atoms with E-state index in [0.29, 0.717) is 31.0 Å². The van der Waals surface area contributed by atoms with Crippen molar-refractivity contribution in [1.82, 2.24) is 14.5 Å². The molecule has 1 aromatic carbocycles. The van der Waals surface area contributed by atoms with Crippen LogP contribution in [0.15, 0.2) is 41.3 Å². The highest BCUT2D eigenvalue weighted by atomic mass is 19.4. The lowest BCUT2D eigenvalue weighted by molar-refractivity contribution is -0.153. The highest BCUT2D eigenvalue weighted by Gasteiger charge is 2.28. The van der Waals surface area contributed by atoms with E-state index in [1.165, 1.54) is 28.8 Å². The zero-order chi connectivity index (χ0) is 22.3. The average molecular weight is 441 g/mol. The Hall–Kier alpha value is -3.05. The summed E-state index contributed by atoms with van der Waals surface area (Å²) in [6.45, 7) is 2.37. The van der Waals surface area contributed by atoms with Crippen LogP contribution in [-0.2, 0) is 9.47 Å². The number of hydrogen-bond donors (Lipinski definition) is 1. The van der Waals surface area contributed by atoms with Gasteiger partial charge in [-0.25, -0.2) is 4.57 Å². The van der Waals surface area contributed by atoms with E-state index in [2.05, 4.69) is 9.97 Å². The molecule has 0 radical (unpaired) electrons. The van der Waals surface area contributed by atoms with Gasteiger partial charge >= 0.3 is 12.2 Å². The lowest BCUT2D eigenvalue weighted by Gasteiger charge is -2.14. The number of benzene rings is 1. The fourth-order valence-corrected chi connectivity index (χ4v) is 2.71. The van der Waals surface area contributed by atoms with E-state index in [0.717, 1.165) is 0 Å². The van der Waals surface area contributed by atoms with E-state index in [1.54, 1.807) is 12.3 Å². The van der Waals surface area contributed by atoms with Gasteiger partial charge in [0.25, 0.3) is 5.56 Å². The third-order valence-corrected chi connectivity index (χ3v) is 4.08. The summed E-state index contributed by atoms with van der Waals surface area (Å²) in [5, 5.41) is 0. The number of nitrogens with one attached hydrogen (secondary N) is 1. The van der Waals surface area contributed by atoms with Crippen LogP contribution in [0.4, 0.5) is 13.2 Å². The minimum Gasteiger partial charge on any atom is -0.484 e. The van der Waals surface area contributed by atoms with Crippen molar-refractivity contribution in [2.24, 2.45) is 0 Å². The molecule has 0 bridgehead atoms. The molecule has 0 spiro atoms. The summed E-state index contributed by atoms with van der Waals surface area (Å²) in [5.74, 6) is 0.0215. The monoisotopic (exact) mass is 441 g/mol. The Labute approximate surface area is 175 Å². The highest BCUT2D eigenvalue weighted by Crippen LogP contribution is 2.22. The molecule has 3 rings (SSSR count). The van der Waals surface area contributed by atoms with Gasteiger partial charge in [-0.15, -0.1) is 0 Å². The number of nitrogens with zero attached hydrogens (tertiary/aromatic N) is 2. The smallest absolute Gasteiger partial charge is 0.422 e. The summed E-state index contributed by atoms with van der Waals surface area (Å²) in [5.41, 5.74) is 0.656. The summed E-state index contributed by atoms with van der Waals surface area (Å²) in [7, 11) is 0. The number of aromatic nitrogens is 3. The summed E-state index contributed by atoms with van der Waals surface area (Å²) in [4.78, 5) is 20.1. The van der Waals surface area contributed by atoms with E-state index >= 15 is 0 Å². The first-order valence-electron chi connectivity index (χ1n) is 9.57. The fraction of sp³-hybridized carbons (Fsp3) is 0.400. The van der Waals surface area contributed by atoms with Crippen LogP contribution < -0.4 is 15.0 Å². The lowest BCUT2D eigenvalue weighted by Crippen LogP contribution is -2.23. The molecule has 1 N–H and O–H groups in total. The summed E-state index contributed by atoms with van der Waals surface area (Å²) >= 11 is 0. The van der Waals surface area contributed by atoms with Crippen molar-refractivity contribution in [3.63, 3.8) is 0 Å². The normalized spacial score (nSPS) is 11.7. The molecule has 0 aliphatic carbocycles. The number of fused-ring (bicyclic) bond motifs is 1. The second-order valence-electron chi connectivity index (χ2n) is 6.33. The molecular formula is C20H22F3N3O5. The Bertz CT molecular complexity index is 1030. The van der Waals surface area contributed by atoms with Gasteiger partial charge in [0.05, 0.1) is 31.0 Å². The molecule has 0 saturated heterocycles. The molecule has 0 amide bonds. The number of rotatable bonds is 11. The number of halogens is 3. The maximum atomic E-state index is 12.9. The number of alkyl halides is 3. The fourth-order valence-electron chi connectivity index (χ4n) is 2.71. The zero-order valence-corrected chi connectivity index (χ0v) is 16.8. The summed E-state index contributed by atoms with van der Waals surface area (Å²) in [6, 6.07) is 7.26. The van der Waals surface area contributed by atoms with Crippen LogP contribution in [0.2, 0.25) is 0 Å². The zero-order valence-electron chi connectivity index (χ0n) is 16.8. The van der Waals surface area contributed by atoms with Crippen LogP contribution in [0.5, 0.6) is 11.8 Å². The van der Waals surface area contributed by atoms with Crippen molar-refractivity contribution in [3.05, 3.63) is 46.9 Å². The molecule has 0 saturated carbocycles. The second kappa shape index (κ2) is 10.3. The van der Waals surface area contributed by atoms with Gasteiger partial charge in [0.15, 0.2) is 6.61 Å². The Morgan fingerprint density at radius 2 is 1.71 bits per heavy atom. The maximum absolute atomic E-state index is 12.9. The number of aromatic amines is 1. The Balaban J connectivity index is 1.77. The van der Waals surface area contributed by atoms with Gasteiger partial charge in [-0.3, -0.25) is 4.79 Å². The molecule has 0 aliphatic rings. The van der Waals surface area contributed by atoms with Crippen LogP contribution in [0, 0.1) is 0 Å². The predicted octanol–water partition coefficient (Wildman–Crippen LogP) is 3.09. The summed E-state index contributed by atoms with van der Waals surface area (Å²) in [6.07, 6.45) is -2.86. The van der Waals surface area contributed by atoms with Crippen LogP contribution in [0.1, 0.15) is 6.92 Å². The Kier molecular flexibility index (Phi) is 7.53. The lowest BCUT2D eigenvalue weighted by atomic mass is 10.3. The molecular weight excluding hydrogens is 419 g/mol. The highest BCUT2D eigenvalue weighted by molar-refractivity contribution is 5.74. The average Bonchev–Trinajstić information content (AvgIpc) is 3.21. The van der Waals surface area contributed by atoms with Crippen molar-refractivity contribution < 1.29 is 32.1 Å².